The molecule has 0 atom stereocenters. The Balaban J connectivity index is 2.35. The fourth-order valence-corrected chi connectivity index (χ4v) is 3.37. The third-order valence-corrected chi connectivity index (χ3v) is 4.83. The Morgan fingerprint density at radius 1 is 1.25 bits per heavy atom. The van der Waals surface area contributed by atoms with E-state index in [-0.39, 0.29) is 11.8 Å². The third-order valence-electron chi connectivity index (χ3n) is 3.88. The van der Waals surface area contributed by atoms with E-state index in [9.17, 15) is 4.79 Å². The summed E-state index contributed by atoms with van der Waals surface area (Å²) < 4.78 is 5.46. The van der Waals surface area contributed by atoms with Crippen molar-refractivity contribution in [3.63, 3.8) is 0 Å². The van der Waals surface area contributed by atoms with Crippen molar-refractivity contribution in [3.8, 4) is 5.75 Å². The van der Waals surface area contributed by atoms with Gasteiger partial charge in [-0.3, -0.25) is 4.79 Å². The topological polar surface area (TPSA) is 38.3 Å². The Kier molecular flexibility index (Phi) is 6.32. The van der Waals surface area contributed by atoms with Gasteiger partial charge >= 0.3 is 0 Å². The van der Waals surface area contributed by atoms with Crippen LogP contribution in [-0.4, -0.2) is 18.8 Å². The van der Waals surface area contributed by atoms with Crippen molar-refractivity contribution in [3.05, 3.63) is 53.1 Å². The molecule has 0 saturated heterocycles. The monoisotopic (exact) mass is 343 g/mol. The van der Waals surface area contributed by atoms with Gasteiger partial charge in [-0.15, -0.1) is 11.8 Å². The summed E-state index contributed by atoms with van der Waals surface area (Å²) in [4.78, 5) is 13.9. The van der Waals surface area contributed by atoms with E-state index in [2.05, 4.69) is 26.1 Å². The van der Waals surface area contributed by atoms with Gasteiger partial charge in [-0.25, -0.2) is 0 Å². The number of anilines is 1. The summed E-state index contributed by atoms with van der Waals surface area (Å²) in [5.41, 5.74) is 3.50. The molecule has 2 aromatic rings. The first kappa shape index (κ1) is 18.4. The van der Waals surface area contributed by atoms with Crippen LogP contribution in [0, 0.1) is 6.92 Å². The lowest BCUT2D eigenvalue weighted by Gasteiger charge is -2.16. The van der Waals surface area contributed by atoms with Gasteiger partial charge in [0.25, 0.3) is 5.91 Å². The van der Waals surface area contributed by atoms with Crippen LogP contribution in [0.4, 0.5) is 5.69 Å². The van der Waals surface area contributed by atoms with Crippen LogP contribution >= 0.6 is 11.8 Å². The van der Waals surface area contributed by atoms with E-state index in [0.717, 1.165) is 33.2 Å². The number of benzene rings is 2. The minimum Gasteiger partial charge on any atom is -0.496 e. The zero-order chi connectivity index (χ0) is 17.7. The molecular formula is C20H25NO2S. The zero-order valence-electron chi connectivity index (χ0n) is 15.0. The van der Waals surface area contributed by atoms with E-state index < -0.39 is 0 Å². The highest BCUT2D eigenvalue weighted by Gasteiger charge is 2.16. The number of hydrogen-bond acceptors (Lipinski definition) is 3. The van der Waals surface area contributed by atoms with E-state index in [1.807, 2.05) is 43.3 Å². The number of amides is 1. The molecule has 0 fully saturated rings. The summed E-state index contributed by atoms with van der Waals surface area (Å²) in [5.74, 6) is 2.00. The molecule has 0 aliphatic carbocycles. The fraction of sp³-hybridized carbons (Fsp3) is 0.350. The number of rotatable bonds is 6. The number of thioether (sulfide) groups is 1. The van der Waals surface area contributed by atoms with Crippen LogP contribution in [0.3, 0.4) is 0 Å². The average molecular weight is 343 g/mol. The number of hydrogen-bond donors (Lipinski definition) is 1. The van der Waals surface area contributed by atoms with Crippen molar-refractivity contribution in [2.24, 2.45) is 0 Å². The quantitative estimate of drug-likeness (QED) is 0.705. The lowest BCUT2D eigenvalue weighted by Crippen LogP contribution is -2.15. The Morgan fingerprint density at radius 2 is 1.96 bits per heavy atom. The SMILES string of the molecule is CCSc1ccccc1NC(=O)c1cc(C(C)C)c(OC)cc1C. The molecule has 2 aromatic carbocycles. The molecule has 0 aromatic heterocycles. The predicted molar refractivity (Wildman–Crippen MR) is 103 cm³/mol. The second-order valence-electron chi connectivity index (χ2n) is 5.95. The second-order valence-corrected chi connectivity index (χ2v) is 7.25. The molecular weight excluding hydrogens is 318 g/mol. The molecule has 128 valence electrons. The summed E-state index contributed by atoms with van der Waals surface area (Å²) in [6.07, 6.45) is 0. The Labute approximate surface area is 148 Å². The number of ether oxygens (including phenoxy) is 1. The normalized spacial score (nSPS) is 10.8. The third kappa shape index (κ3) is 4.12. The second kappa shape index (κ2) is 8.25. The molecule has 2 rings (SSSR count). The van der Waals surface area contributed by atoms with Gasteiger partial charge in [-0.2, -0.15) is 0 Å². The smallest absolute Gasteiger partial charge is 0.255 e. The van der Waals surface area contributed by atoms with Gasteiger partial charge in [-0.05, 0) is 54.0 Å². The molecule has 24 heavy (non-hydrogen) atoms. The minimum absolute atomic E-state index is 0.0822. The number of para-hydroxylation sites is 1. The molecule has 0 spiro atoms. The summed E-state index contributed by atoms with van der Waals surface area (Å²) in [6.45, 7) is 8.24. The van der Waals surface area contributed by atoms with Gasteiger partial charge in [0.2, 0.25) is 0 Å². The van der Waals surface area contributed by atoms with Gasteiger partial charge in [-0.1, -0.05) is 32.9 Å². The molecule has 1 amide bonds. The Hall–Kier alpha value is -1.94. The van der Waals surface area contributed by atoms with Gasteiger partial charge < -0.3 is 10.1 Å². The fourth-order valence-electron chi connectivity index (χ4n) is 2.61. The van der Waals surface area contributed by atoms with Gasteiger partial charge in [0.05, 0.1) is 12.8 Å². The van der Waals surface area contributed by atoms with Crippen LogP contribution in [-0.2, 0) is 0 Å². The van der Waals surface area contributed by atoms with Crippen LogP contribution in [0.15, 0.2) is 41.3 Å². The van der Waals surface area contributed by atoms with Crippen molar-refractivity contribution in [2.75, 3.05) is 18.2 Å². The average Bonchev–Trinajstić information content (AvgIpc) is 2.56. The maximum absolute atomic E-state index is 12.8. The molecule has 0 bridgehead atoms. The first-order chi connectivity index (χ1) is 11.5. The van der Waals surface area contributed by atoms with Crippen LogP contribution in [0.1, 0.15) is 48.2 Å². The molecule has 0 aliphatic heterocycles. The van der Waals surface area contributed by atoms with Crippen molar-refractivity contribution in [1.82, 2.24) is 0 Å². The highest BCUT2D eigenvalue weighted by Crippen LogP contribution is 2.31. The van der Waals surface area contributed by atoms with Crippen LogP contribution in [0.25, 0.3) is 0 Å². The van der Waals surface area contributed by atoms with E-state index in [1.165, 1.54) is 0 Å². The molecule has 0 saturated carbocycles. The van der Waals surface area contributed by atoms with E-state index in [1.54, 1.807) is 18.9 Å². The van der Waals surface area contributed by atoms with E-state index in [4.69, 9.17) is 4.74 Å². The summed E-state index contributed by atoms with van der Waals surface area (Å²) in [6, 6.07) is 11.8. The molecule has 1 N–H and O–H groups in total. The number of carbonyl (C=O) groups excluding carboxylic acids is 1. The maximum Gasteiger partial charge on any atom is 0.255 e. The molecule has 0 unspecified atom stereocenters. The van der Waals surface area contributed by atoms with Gasteiger partial charge in [0, 0.05) is 10.5 Å². The van der Waals surface area contributed by atoms with E-state index in [0.29, 0.717) is 5.56 Å². The van der Waals surface area contributed by atoms with Crippen LogP contribution < -0.4 is 10.1 Å². The highest BCUT2D eigenvalue weighted by molar-refractivity contribution is 7.99. The molecule has 0 heterocycles. The standard InChI is InChI=1S/C20H25NO2S/c1-6-24-19-10-8-7-9-17(19)21-20(22)16-12-15(13(2)3)18(23-5)11-14(16)4/h7-13H,6H2,1-5H3,(H,21,22). The number of carbonyl (C=O) groups is 1. The Morgan fingerprint density at radius 3 is 2.58 bits per heavy atom. The van der Waals surface area contributed by atoms with Crippen LogP contribution in [0.5, 0.6) is 5.75 Å². The summed E-state index contributed by atoms with van der Waals surface area (Å²) in [7, 11) is 1.67. The zero-order valence-corrected chi connectivity index (χ0v) is 15.8. The maximum atomic E-state index is 12.8. The molecule has 0 radical (unpaired) electrons. The number of methoxy groups -OCH3 is 1. The highest BCUT2D eigenvalue weighted by atomic mass is 32.2. The first-order valence-corrected chi connectivity index (χ1v) is 9.18. The largest absolute Gasteiger partial charge is 0.496 e. The van der Waals surface area contributed by atoms with Crippen molar-refractivity contribution >= 4 is 23.4 Å². The predicted octanol–water partition coefficient (Wildman–Crippen LogP) is 5.49. The summed E-state index contributed by atoms with van der Waals surface area (Å²) in [5, 5.41) is 3.06. The van der Waals surface area contributed by atoms with Gasteiger partial charge in [0.15, 0.2) is 0 Å². The van der Waals surface area contributed by atoms with E-state index >= 15 is 0 Å². The van der Waals surface area contributed by atoms with Crippen molar-refractivity contribution < 1.29 is 9.53 Å². The molecule has 3 nitrogen and oxygen atoms in total. The molecule has 4 heteroatoms. The Bertz CT molecular complexity index is 726. The first-order valence-electron chi connectivity index (χ1n) is 8.19. The lowest BCUT2D eigenvalue weighted by molar-refractivity contribution is 0.102. The summed E-state index contributed by atoms with van der Waals surface area (Å²) >= 11 is 1.72. The molecule has 0 aliphatic rings. The van der Waals surface area contributed by atoms with Crippen molar-refractivity contribution in [1.29, 1.82) is 0 Å². The number of aryl methyl sites for hydroxylation is 1. The minimum atomic E-state index is -0.0822. The van der Waals surface area contributed by atoms with Crippen molar-refractivity contribution in [2.45, 2.75) is 38.5 Å². The lowest BCUT2D eigenvalue weighted by atomic mass is 9.96. The van der Waals surface area contributed by atoms with Crippen LogP contribution in [0.2, 0.25) is 0 Å². The van der Waals surface area contributed by atoms with Gasteiger partial charge in [0.1, 0.15) is 5.75 Å². The number of nitrogens with one attached hydrogen (secondary N) is 1.